The summed E-state index contributed by atoms with van der Waals surface area (Å²) in [5.41, 5.74) is 1.22. The van der Waals surface area contributed by atoms with Crippen molar-refractivity contribution in [2.75, 3.05) is 33.4 Å². The Bertz CT molecular complexity index is 700. The van der Waals surface area contributed by atoms with Gasteiger partial charge in [-0.05, 0) is 77.0 Å². The Labute approximate surface area is 186 Å². The SMILES string of the molecule is CCNC(=NCCCc1ccc(OC)c(OCC)c1)NC1CCC(C(=O)OCC)CC1. The molecule has 174 valence electrons. The monoisotopic (exact) mass is 433 g/mol. The first-order chi connectivity index (χ1) is 15.1. The quantitative estimate of drug-likeness (QED) is 0.240. The summed E-state index contributed by atoms with van der Waals surface area (Å²) in [6.45, 7) is 8.53. The number of ether oxygens (including phenoxy) is 3. The molecule has 1 aromatic carbocycles. The largest absolute Gasteiger partial charge is 0.493 e. The van der Waals surface area contributed by atoms with Crippen LogP contribution in [0.4, 0.5) is 0 Å². The van der Waals surface area contributed by atoms with E-state index in [0.29, 0.717) is 19.3 Å². The van der Waals surface area contributed by atoms with Crippen LogP contribution in [0, 0.1) is 5.92 Å². The van der Waals surface area contributed by atoms with Gasteiger partial charge in [0.1, 0.15) is 0 Å². The summed E-state index contributed by atoms with van der Waals surface area (Å²) in [6.07, 6.45) is 5.53. The van der Waals surface area contributed by atoms with Crippen LogP contribution in [0.15, 0.2) is 23.2 Å². The molecular weight excluding hydrogens is 394 g/mol. The third kappa shape index (κ3) is 8.31. The van der Waals surface area contributed by atoms with E-state index in [1.807, 2.05) is 19.9 Å². The molecule has 0 radical (unpaired) electrons. The van der Waals surface area contributed by atoms with E-state index in [2.05, 4.69) is 29.7 Å². The first kappa shape index (κ1) is 24.8. The van der Waals surface area contributed by atoms with Crippen LogP contribution in [0.5, 0.6) is 11.5 Å². The lowest BCUT2D eigenvalue weighted by atomic mass is 9.86. The van der Waals surface area contributed by atoms with Gasteiger partial charge in [0.25, 0.3) is 0 Å². The fourth-order valence-corrected chi connectivity index (χ4v) is 3.87. The van der Waals surface area contributed by atoms with E-state index >= 15 is 0 Å². The molecule has 31 heavy (non-hydrogen) atoms. The maximum Gasteiger partial charge on any atom is 0.308 e. The highest BCUT2D eigenvalue weighted by Gasteiger charge is 2.27. The predicted molar refractivity (Wildman–Crippen MR) is 124 cm³/mol. The van der Waals surface area contributed by atoms with Crippen LogP contribution in [0.1, 0.15) is 58.4 Å². The van der Waals surface area contributed by atoms with Gasteiger partial charge in [-0.2, -0.15) is 0 Å². The van der Waals surface area contributed by atoms with Crippen molar-refractivity contribution in [3.8, 4) is 11.5 Å². The predicted octanol–water partition coefficient (Wildman–Crippen LogP) is 3.70. The number of methoxy groups -OCH3 is 1. The van der Waals surface area contributed by atoms with Crippen molar-refractivity contribution < 1.29 is 19.0 Å². The summed E-state index contributed by atoms with van der Waals surface area (Å²) in [5, 5.41) is 6.87. The minimum Gasteiger partial charge on any atom is -0.493 e. The van der Waals surface area contributed by atoms with Gasteiger partial charge in [-0.15, -0.1) is 0 Å². The first-order valence-corrected chi connectivity index (χ1v) is 11.6. The number of carbonyl (C=O) groups excluding carboxylic acids is 1. The standard InChI is InChI=1S/C24H39N3O4/c1-5-25-24(27-20-13-11-19(12-14-20)23(28)31-7-3)26-16-8-9-18-10-15-21(29-4)22(17-18)30-6-2/h10,15,17,19-20H,5-9,11-14,16H2,1-4H3,(H2,25,26,27). The molecule has 0 aliphatic heterocycles. The molecule has 1 saturated carbocycles. The van der Waals surface area contributed by atoms with Gasteiger partial charge in [0, 0.05) is 19.1 Å². The number of hydrogen-bond donors (Lipinski definition) is 2. The molecule has 1 aromatic rings. The van der Waals surface area contributed by atoms with Crippen molar-refractivity contribution in [1.29, 1.82) is 0 Å². The topological polar surface area (TPSA) is 81.2 Å². The zero-order valence-electron chi connectivity index (χ0n) is 19.5. The number of hydrogen-bond acceptors (Lipinski definition) is 5. The maximum atomic E-state index is 11.9. The van der Waals surface area contributed by atoms with Gasteiger partial charge in [-0.3, -0.25) is 9.79 Å². The number of guanidine groups is 1. The first-order valence-electron chi connectivity index (χ1n) is 11.6. The molecule has 0 heterocycles. The summed E-state index contributed by atoms with van der Waals surface area (Å²) in [4.78, 5) is 16.7. The van der Waals surface area contributed by atoms with Crippen molar-refractivity contribution in [3.05, 3.63) is 23.8 Å². The molecule has 7 heteroatoms. The van der Waals surface area contributed by atoms with Crippen molar-refractivity contribution in [2.45, 2.75) is 65.3 Å². The third-order valence-electron chi connectivity index (χ3n) is 5.45. The number of aryl methyl sites for hydroxylation is 1. The van der Waals surface area contributed by atoms with Crippen molar-refractivity contribution in [3.63, 3.8) is 0 Å². The van der Waals surface area contributed by atoms with Crippen LogP contribution in [-0.2, 0) is 16.0 Å². The van der Waals surface area contributed by atoms with Crippen LogP contribution < -0.4 is 20.1 Å². The summed E-state index contributed by atoms with van der Waals surface area (Å²) in [7, 11) is 1.66. The fourth-order valence-electron chi connectivity index (χ4n) is 3.87. The highest BCUT2D eigenvalue weighted by Crippen LogP contribution is 2.28. The second-order valence-corrected chi connectivity index (χ2v) is 7.73. The van der Waals surface area contributed by atoms with Gasteiger partial charge >= 0.3 is 5.97 Å². The average Bonchev–Trinajstić information content (AvgIpc) is 2.78. The van der Waals surface area contributed by atoms with Crippen molar-refractivity contribution in [2.24, 2.45) is 10.9 Å². The molecule has 2 rings (SSSR count). The van der Waals surface area contributed by atoms with Crippen LogP contribution in [-0.4, -0.2) is 51.4 Å². The number of aliphatic imine (C=N–C) groups is 1. The van der Waals surface area contributed by atoms with Crippen LogP contribution in [0.2, 0.25) is 0 Å². The molecule has 0 bridgehead atoms. The molecular formula is C24H39N3O4. The summed E-state index contributed by atoms with van der Waals surface area (Å²) >= 11 is 0. The Morgan fingerprint density at radius 2 is 1.87 bits per heavy atom. The van der Waals surface area contributed by atoms with Gasteiger partial charge in [-0.25, -0.2) is 0 Å². The maximum absolute atomic E-state index is 11.9. The minimum absolute atomic E-state index is 0.0450. The highest BCUT2D eigenvalue weighted by atomic mass is 16.5. The Morgan fingerprint density at radius 3 is 2.52 bits per heavy atom. The number of nitrogens with zero attached hydrogens (tertiary/aromatic N) is 1. The molecule has 1 aliphatic rings. The number of carbonyl (C=O) groups is 1. The zero-order chi connectivity index (χ0) is 22.5. The third-order valence-corrected chi connectivity index (χ3v) is 5.45. The number of rotatable bonds is 11. The Hall–Kier alpha value is -2.44. The number of benzene rings is 1. The molecule has 1 aliphatic carbocycles. The molecule has 0 aromatic heterocycles. The minimum atomic E-state index is -0.0486. The normalized spacial score (nSPS) is 18.9. The van der Waals surface area contributed by atoms with Gasteiger partial charge in [0.15, 0.2) is 17.5 Å². The van der Waals surface area contributed by atoms with E-state index < -0.39 is 0 Å². The van der Waals surface area contributed by atoms with Gasteiger partial charge in [-0.1, -0.05) is 6.07 Å². The second kappa shape index (κ2) is 13.8. The Balaban J connectivity index is 1.81. The average molecular weight is 434 g/mol. The van der Waals surface area contributed by atoms with E-state index in [9.17, 15) is 4.79 Å². The van der Waals surface area contributed by atoms with E-state index in [4.69, 9.17) is 19.2 Å². The van der Waals surface area contributed by atoms with Crippen LogP contribution in [0.25, 0.3) is 0 Å². The van der Waals surface area contributed by atoms with E-state index in [0.717, 1.165) is 69.1 Å². The molecule has 0 atom stereocenters. The molecule has 0 amide bonds. The molecule has 1 fully saturated rings. The van der Waals surface area contributed by atoms with Crippen molar-refractivity contribution in [1.82, 2.24) is 10.6 Å². The molecule has 2 N–H and O–H groups in total. The van der Waals surface area contributed by atoms with Gasteiger partial charge in [0.2, 0.25) is 0 Å². The smallest absolute Gasteiger partial charge is 0.308 e. The van der Waals surface area contributed by atoms with E-state index in [1.54, 1.807) is 7.11 Å². The van der Waals surface area contributed by atoms with E-state index in [1.165, 1.54) is 5.56 Å². The van der Waals surface area contributed by atoms with Crippen molar-refractivity contribution >= 4 is 11.9 Å². The molecule has 7 nitrogen and oxygen atoms in total. The number of esters is 1. The Kier molecular flexibility index (Phi) is 11.0. The van der Waals surface area contributed by atoms with Gasteiger partial charge < -0.3 is 24.8 Å². The summed E-state index contributed by atoms with van der Waals surface area (Å²) in [5.74, 6) is 2.40. The number of nitrogens with one attached hydrogen (secondary N) is 2. The van der Waals surface area contributed by atoms with Gasteiger partial charge in [0.05, 0.1) is 26.2 Å². The lowest BCUT2D eigenvalue weighted by Gasteiger charge is -2.29. The Morgan fingerprint density at radius 1 is 1.10 bits per heavy atom. The fraction of sp³-hybridized carbons (Fsp3) is 0.667. The molecule has 0 unspecified atom stereocenters. The van der Waals surface area contributed by atoms with E-state index in [-0.39, 0.29) is 11.9 Å². The molecule has 0 saturated heterocycles. The summed E-state index contributed by atoms with van der Waals surface area (Å²) < 4.78 is 16.2. The molecule has 0 spiro atoms. The summed E-state index contributed by atoms with van der Waals surface area (Å²) in [6, 6.07) is 6.44. The lowest BCUT2D eigenvalue weighted by molar-refractivity contribution is -0.149. The highest BCUT2D eigenvalue weighted by molar-refractivity contribution is 5.80. The van der Waals surface area contributed by atoms with Crippen LogP contribution >= 0.6 is 0 Å². The second-order valence-electron chi connectivity index (χ2n) is 7.73. The zero-order valence-corrected chi connectivity index (χ0v) is 19.5. The van der Waals surface area contributed by atoms with Crippen LogP contribution in [0.3, 0.4) is 0 Å². The lowest BCUT2D eigenvalue weighted by Crippen LogP contribution is -2.45.